The van der Waals surface area contributed by atoms with Gasteiger partial charge in [-0.1, -0.05) is 86.1 Å². The SMILES string of the molecule is CC1(C)S[C@@H]2[C@H](Br)C(=O)N2[C@H]1C(=O)OC1OC(=O)c2ccccc21.CCCCCCCCS(=O)C(C)Cc1ccc2c(c1)OCO2. The molecule has 9 nitrogen and oxygen atoms in total. The molecule has 0 N–H and O–H groups in total. The van der Waals surface area contributed by atoms with E-state index in [0.717, 1.165) is 30.1 Å². The van der Waals surface area contributed by atoms with E-state index in [0.29, 0.717) is 17.9 Å². The van der Waals surface area contributed by atoms with Crippen LogP contribution in [0.3, 0.4) is 0 Å². The molecular formula is C34H42BrNO8S2. The standard InChI is InChI=1S/C18H28O3S.C16H14BrNO5S/c1-3-4-5-6-7-8-11-22(19)15(2)12-16-9-10-17-18(13-16)21-14-20-17;1-16(2)10(18-11(19)9(17)12(18)24-16)14(21)23-15-8-6-4-3-5-7(8)13(20)22-15/h9-10,13,15H,3-8,11-12,14H2,1-2H3;3-6,9-10,12,15H,1-2H3/t;9-,10+,12-,15?/m.1/s1. The Balaban J connectivity index is 0.000000182. The predicted molar refractivity (Wildman–Crippen MR) is 182 cm³/mol. The fraction of sp³-hybridized carbons (Fsp3) is 0.559. The normalized spacial score (nSPS) is 24.6. The summed E-state index contributed by atoms with van der Waals surface area (Å²) < 4.78 is 33.2. The molecule has 6 rings (SSSR count). The molecule has 0 radical (unpaired) electrons. The maximum absolute atomic E-state index is 12.7. The van der Waals surface area contributed by atoms with Crippen molar-refractivity contribution < 1.29 is 37.5 Å². The number of rotatable bonds is 12. The molecule has 4 aliphatic heterocycles. The van der Waals surface area contributed by atoms with Gasteiger partial charge in [0.1, 0.15) is 16.2 Å². The van der Waals surface area contributed by atoms with Gasteiger partial charge >= 0.3 is 11.9 Å². The summed E-state index contributed by atoms with van der Waals surface area (Å²) in [4.78, 5) is 38.0. The van der Waals surface area contributed by atoms with Crippen LogP contribution in [0.15, 0.2) is 42.5 Å². The van der Waals surface area contributed by atoms with Crippen molar-refractivity contribution in [3.05, 3.63) is 59.2 Å². The molecule has 46 heavy (non-hydrogen) atoms. The number of β-lactam (4-membered cyclic amide) rings is 1. The van der Waals surface area contributed by atoms with Crippen molar-refractivity contribution >= 4 is 56.3 Å². The third kappa shape index (κ3) is 7.59. The Labute approximate surface area is 286 Å². The topological polar surface area (TPSA) is 108 Å². The number of carbonyl (C=O) groups excluding carboxylic acids is 3. The molecule has 250 valence electrons. The summed E-state index contributed by atoms with van der Waals surface area (Å²) in [6.07, 6.45) is 7.26. The van der Waals surface area contributed by atoms with Gasteiger partial charge in [0.2, 0.25) is 12.7 Å². The zero-order valence-corrected chi connectivity index (χ0v) is 29.9. The summed E-state index contributed by atoms with van der Waals surface area (Å²) in [6.45, 7) is 8.43. The van der Waals surface area contributed by atoms with E-state index in [1.54, 1.807) is 40.9 Å². The molecular weight excluding hydrogens is 694 g/mol. The van der Waals surface area contributed by atoms with E-state index in [9.17, 15) is 18.6 Å². The molecule has 4 heterocycles. The van der Waals surface area contributed by atoms with Crippen molar-refractivity contribution in [3.8, 4) is 11.5 Å². The first kappa shape index (κ1) is 34.8. The van der Waals surface area contributed by atoms with Crippen LogP contribution in [0.2, 0.25) is 0 Å². The third-order valence-electron chi connectivity index (χ3n) is 8.58. The number of benzene rings is 2. The Hall–Kier alpha value is -2.57. The lowest BCUT2D eigenvalue weighted by molar-refractivity contribution is -0.179. The van der Waals surface area contributed by atoms with Gasteiger partial charge in [-0.25, -0.2) is 9.59 Å². The fourth-order valence-electron chi connectivity index (χ4n) is 6.04. The molecule has 12 heteroatoms. The lowest BCUT2D eigenvalue weighted by Gasteiger charge is -2.41. The number of halogens is 1. The number of esters is 2. The van der Waals surface area contributed by atoms with Crippen molar-refractivity contribution in [1.82, 2.24) is 4.90 Å². The molecule has 2 aromatic rings. The highest BCUT2D eigenvalue weighted by Gasteiger charge is 2.63. The van der Waals surface area contributed by atoms with Crippen LogP contribution in [-0.2, 0) is 36.3 Å². The largest absolute Gasteiger partial charge is 0.454 e. The van der Waals surface area contributed by atoms with Crippen molar-refractivity contribution in [2.24, 2.45) is 0 Å². The molecule has 0 saturated carbocycles. The molecule has 0 spiro atoms. The lowest BCUT2D eigenvalue weighted by Crippen LogP contribution is -2.63. The summed E-state index contributed by atoms with van der Waals surface area (Å²) in [5.41, 5.74) is 2.10. The molecule has 3 unspecified atom stereocenters. The number of fused-ring (bicyclic) bond motifs is 3. The highest BCUT2D eigenvalue weighted by Crippen LogP contribution is 2.53. The smallest absolute Gasteiger partial charge is 0.342 e. The van der Waals surface area contributed by atoms with Crippen molar-refractivity contribution in [3.63, 3.8) is 0 Å². The Bertz CT molecular complexity index is 1470. The lowest BCUT2D eigenvalue weighted by atomic mass is 9.98. The molecule has 2 saturated heterocycles. The molecule has 0 aliphatic carbocycles. The zero-order chi connectivity index (χ0) is 33.0. The van der Waals surface area contributed by atoms with Crippen LogP contribution in [0.4, 0.5) is 0 Å². The second kappa shape index (κ2) is 15.1. The minimum Gasteiger partial charge on any atom is -0.454 e. The second-order valence-corrected chi connectivity index (χ2v) is 17.2. The highest BCUT2D eigenvalue weighted by atomic mass is 79.9. The molecule has 0 bridgehead atoms. The minimum atomic E-state index is -1.06. The van der Waals surface area contributed by atoms with Crippen LogP contribution in [0.25, 0.3) is 0 Å². The number of ether oxygens (including phenoxy) is 4. The van der Waals surface area contributed by atoms with Crippen molar-refractivity contribution in [2.75, 3.05) is 12.5 Å². The number of hydrogen-bond donors (Lipinski definition) is 0. The van der Waals surface area contributed by atoms with Gasteiger partial charge < -0.3 is 23.8 Å². The van der Waals surface area contributed by atoms with Crippen molar-refractivity contribution in [2.45, 2.75) is 105 Å². The molecule has 6 atom stereocenters. The first-order valence-electron chi connectivity index (χ1n) is 15.9. The summed E-state index contributed by atoms with van der Waals surface area (Å²) in [7, 11) is -0.743. The van der Waals surface area contributed by atoms with E-state index in [4.69, 9.17) is 18.9 Å². The Kier molecular flexibility index (Phi) is 11.4. The van der Waals surface area contributed by atoms with Gasteiger partial charge in [-0.2, -0.15) is 0 Å². The monoisotopic (exact) mass is 735 g/mol. The number of nitrogens with zero attached hydrogens (tertiary/aromatic N) is 1. The van der Waals surface area contributed by atoms with Gasteiger partial charge in [0.15, 0.2) is 11.5 Å². The Morgan fingerprint density at radius 2 is 1.80 bits per heavy atom. The molecule has 2 fully saturated rings. The van der Waals surface area contributed by atoms with Gasteiger partial charge in [-0.3, -0.25) is 9.00 Å². The summed E-state index contributed by atoms with van der Waals surface area (Å²) in [5, 5.41) is 0.111. The van der Waals surface area contributed by atoms with Gasteiger partial charge in [-0.15, -0.1) is 11.8 Å². The second-order valence-electron chi connectivity index (χ2n) is 12.5. The molecule has 4 aliphatic rings. The average molecular weight is 737 g/mol. The Morgan fingerprint density at radius 3 is 2.59 bits per heavy atom. The fourth-order valence-corrected chi connectivity index (χ4v) is 9.66. The number of thioether (sulfide) groups is 1. The van der Waals surface area contributed by atoms with E-state index >= 15 is 0 Å². The Morgan fingerprint density at radius 1 is 1.09 bits per heavy atom. The first-order valence-corrected chi connectivity index (χ1v) is 19.1. The summed E-state index contributed by atoms with van der Waals surface area (Å²) in [5.74, 6) is 1.26. The van der Waals surface area contributed by atoms with Crippen LogP contribution < -0.4 is 9.47 Å². The minimum absolute atomic E-state index is 0.0801. The van der Waals surface area contributed by atoms with Crippen LogP contribution >= 0.6 is 27.7 Å². The van der Waals surface area contributed by atoms with Gasteiger partial charge in [0, 0.05) is 32.1 Å². The molecule has 0 aromatic heterocycles. The number of hydrogen-bond acceptors (Lipinski definition) is 9. The van der Waals surface area contributed by atoms with Gasteiger partial charge in [0.05, 0.1) is 5.56 Å². The number of carbonyl (C=O) groups is 3. The number of unbranched alkanes of at least 4 members (excludes halogenated alkanes) is 5. The summed E-state index contributed by atoms with van der Waals surface area (Å²) >= 11 is 4.90. The van der Waals surface area contributed by atoms with Gasteiger partial charge in [-0.05, 0) is 50.5 Å². The maximum atomic E-state index is 12.7. The van der Waals surface area contributed by atoms with Crippen LogP contribution in [0.5, 0.6) is 11.5 Å². The van der Waals surface area contributed by atoms with E-state index in [-0.39, 0.29) is 21.4 Å². The van der Waals surface area contributed by atoms with E-state index in [2.05, 4.69) is 29.8 Å². The first-order chi connectivity index (χ1) is 22.0. The number of amides is 1. The number of alkyl halides is 1. The number of cyclic esters (lactones) is 1. The summed E-state index contributed by atoms with van der Waals surface area (Å²) in [6, 6.07) is 12.1. The van der Waals surface area contributed by atoms with Crippen LogP contribution in [0, 0.1) is 0 Å². The third-order valence-corrected chi connectivity index (χ3v) is 13.1. The van der Waals surface area contributed by atoms with E-state index in [1.165, 1.54) is 37.7 Å². The highest BCUT2D eigenvalue weighted by molar-refractivity contribution is 9.10. The average Bonchev–Trinajstić information content (AvgIpc) is 3.71. The maximum Gasteiger partial charge on any atom is 0.342 e. The van der Waals surface area contributed by atoms with Crippen LogP contribution in [-0.4, -0.2) is 65.7 Å². The molecule has 1 amide bonds. The quantitative estimate of drug-likeness (QED) is 0.102. The van der Waals surface area contributed by atoms with E-state index in [1.807, 2.05) is 32.0 Å². The van der Waals surface area contributed by atoms with Gasteiger partial charge in [0.25, 0.3) is 6.29 Å². The predicted octanol–water partition coefficient (Wildman–Crippen LogP) is 6.68. The zero-order valence-electron chi connectivity index (χ0n) is 26.7. The van der Waals surface area contributed by atoms with Crippen LogP contribution in [0.1, 0.15) is 94.0 Å². The van der Waals surface area contributed by atoms with E-state index < -0.39 is 39.8 Å². The molecule has 2 aromatic carbocycles. The van der Waals surface area contributed by atoms with Crippen molar-refractivity contribution in [1.29, 1.82) is 0 Å².